The second-order valence-corrected chi connectivity index (χ2v) is 8.05. The lowest BCUT2D eigenvalue weighted by Crippen LogP contribution is -2.38. The summed E-state index contributed by atoms with van der Waals surface area (Å²) in [5.74, 6) is 1.11. The molecule has 0 atom stereocenters. The number of carbonyl (C=O) groups is 1. The minimum absolute atomic E-state index is 0.0716. The van der Waals surface area contributed by atoms with E-state index in [2.05, 4.69) is 4.98 Å². The second-order valence-electron chi connectivity index (χ2n) is 7.02. The highest BCUT2D eigenvalue weighted by molar-refractivity contribution is 7.09. The Kier molecular flexibility index (Phi) is 4.87. The van der Waals surface area contributed by atoms with Crippen molar-refractivity contribution < 1.29 is 14.3 Å². The Balaban J connectivity index is 1.48. The molecule has 0 unspecified atom stereocenters. The van der Waals surface area contributed by atoms with Gasteiger partial charge in [-0.25, -0.2) is 4.79 Å². The maximum atomic E-state index is 12.9. The first-order chi connectivity index (χ1) is 15.1. The van der Waals surface area contributed by atoms with Crippen molar-refractivity contribution in [2.75, 3.05) is 13.2 Å². The van der Waals surface area contributed by atoms with Gasteiger partial charge in [-0.15, -0.1) is 11.3 Å². The Hall–Kier alpha value is -3.72. The van der Waals surface area contributed by atoms with Gasteiger partial charge in [0.25, 0.3) is 5.56 Å². The molecule has 1 aromatic carbocycles. The van der Waals surface area contributed by atoms with Gasteiger partial charge in [-0.3, -0.25) is 14.2 Å². The summed E-state index contributed by atoms with van der Waals surface area (Å²) in [5.41, 5.74) is -0.335. The van der Waals surface area contributed by atoms with Crippen LogP contribution in [0.3, 0.4) is 0 Å². The van der Waals surface area contributed by atoms with E-state index in [4.69, 9.17) is 9.47 Å². The zero-order valence-corrected chi connectivity index (χ0v) is 17.1. The van der Waals surface area contributed by atoms with E-state index in [-0.39, 0.29) is 30.3 Å². The molecular formula is C22H17N3O5S. The fourth-order valence-corrected chi connectivity index (χ4v) is 4.20. The van der Waals surface area contributed by atoms with Gasteiger partial charge < -0.3 is 14.0 Å². The Morgan fingerprint density at radius 3 is 2.71 bits per heavy atom. The number of rotatable bonds is 5. The van der Waals surface area contributed by atoms with Crippen molar-refractivity contribution in [3.63, 3.8) is 0 Å². The molecule has 0 saturated carbocycles. The number of aromatic nitrogens is 3. The molecule has 0 spiro atoms. The minimum atomic E-state index is -0.641. The van der Waals surface area contributed by atoms with Crippen molar-refractivity contribution in [2.45, 2.75) is 13.1 Å². The molecule has 4 heterocycles. The lowest BCUT2D eigenvalue weighted by molar-refractivity contribution is 0.0971. The number of thiophene rings is 1. The van der Waals surface area contributed by atoms with Crippen LogP contribution in [0.2, 0.25) is 0 Å². The lowest BCUT2D eigenvalue weighted by atomic mass is 10.1. The van der Waals surface area contributed by atoms with Gasteiger partial charge in [0.1, 0.15) is 13.2 Å². The van der Waals surface area contributed by atoms with E-state index in [9.17, 15) is 14.4 Å². The molecule has 1 aromatic heterocycles. The molecule has 2 aromatic rings. The Morgan fingerprint density at radius 2 is 1.90 bits per heavy atom. The zero-order valence-electron chi connectivity index (χ0n) is 16.3. The SMILES string of the molecule is O=C(Cn1cccc2c(=O)n(Cc3cccs3)c(=O)nc1-2)c1ccc2c(c1)OCCO2. The summed E-state index contributed by atoms with van der Waals surface area (Å²) in [7, 11) is 0. The van der Waals surface area contributed by atoms with Gasteiger partial charge in [-0.05, 0) is 41.8 Å². The molecule has 0 N–H and O–H groups in total. The molecule has 0 radical (unpaired) electrons. The number of ether oxygens (including phenoxy) is 2. The zero-order chi connectivity index (χ0) is 21.4. The highest BCUT2D eigenvalue weighted by atomic mass is 32.1. The summed E-state index contributed by atoms with van der Waals surface area (Å²) in [6, 6.07) is 12.0. The topological polar surface area (TPSA) is 92.4 Å². The highest BCUT2D eigenvalue weighted by Gasteiger charge is 2.20. The van der Waals surface area contributed by atoms with Gasteiger partial charge in [0.2, 0.25) is 0 Å². The predicted molar refractivity (Wildman–Crippen MR) is 115 cm³/mol. The van der Waals surface area contributed by atoms with Gasteiger partial charge in [-0.1, -0.05) is 6.07 Å². The summed E-state index contributed by atoms with van der Waals surface area (Å²) in [5, 5.41) is 1.89. The van der Waals surface area contributed by atoms with Crippen molar-refractivity contribution in [3.05, 3.63) is 85.3 Å². The van der Waals surface area contributed by atoms with Gasteiger partial charge in [0.15, 0.2) is 23.1 Å². The Morgan fingerprint density at radius 1 is 1.06 bits per heavy atom. The summed E-state index contributed by atoms with van der Waals surface area (Å²) in [6.45, 7) is 0.997. The van der Waals surface area contributed by atoms with E-state index in [0.29, 0.717) is 30.3 Å². The lowest BCUT2D eigenvalue weighted by Gasteiger charge is -2.19. The third-order valence-corrected chi connectivity index (χ3v) is 5.88. The molecule has 3 aliphatic rings. The van der Waals surface area contributed by atoms with Crippen LogP contribution in [-0.2, 0) is 13.1 Å². The van der Waals surface area contributed by atoms with Gasteiger partial charge in [0.05, 0.1) is 18.7 Å². The molecule has 0 aliphatic carbocycles. The quantitative estimate of drug-likeness (QED) is 0.447. The van der Waals surface area contributed by atoms with Crippen LogP contribution in [0.1, 0.15) is 15.2 Å². The molecule has 31 heavy (non-hydrogen) atoms. The average Bonchev–Trinajstić information content (AvgIpc) is 3.30. The van der Waals surface area contributed by atoms with Crippen molar-refractivity contribution >= 4 is 17.1 Å². The molecule has 0 saturated heterocycles. The van der Waals surface area contributed by atoms with Crippen molar-refractivity contribution in [3.8, 4) is 22.9 Å². The summed E-state index contributed by atoms with van der Waals surface area (Å²) >= 11 is 1.46. The first-order valence-electron chi connectivity index (χ1n) is 9.65. The standard InChI is InChI=1S/C22H17N3O5S/c26-17(14-5-6-18-19(11-14)30-9-8-29-18)13-24-7-1-4-16-20(24)23-22(28)25(21(16)27)12-15-3-2-10-31-15/h1-7,10-11H,8-9,12-13H2. The van der Waals surface area contributed by atoms with Crippen molar-refractivity contribution in [1.82, 2.24) is 14.1 Å². The number of Topliss-reactive ketones (excluding diaryl/α,β-unsaturated/α-hetero) is 1. The Bertz CT molecular complexity index is 1360. The number of nitrogens with zero attached hydrogens (tertiary/aromatic N) is 3. The number of ketones is 1. The smallest absolute Gasteiger partial charge is 0.352 e. The van der Waals surface area contributed by atoms with Crippen molar-refractivity contribution in [1.29, 1.82) is 0 Å². The number of fused-ring (bicyclic) bond motifs is 2. The number of pyridine rings is 1. The van der Waals surface area contributed by atoms with Crippen LogP contribution < -0.4 is 20.7 Å². The summed E-state index contributed by atoms with van der Waals surface area (Å²) < 4.78 is 13.7. The van der Waals surface area contributed by atoms with Crippen molar-refractivity contribution in [2.24, 2.45) is 0 Å². The van der Waals surface area contributed by atoms with Gasteiger partial charge >= 0.3 is 5.69 Å². The summed E-state index contributed by atoms with van der Waals surface area (Å²) in [4.78, 5) is 43.4. The fourth-order valence-electron chi connectivity index (χ4n) is 3.51. The molecule has 9 heteroatoms. The van der Waals surface area contributed by atoms with E-state index in [1.165, 1.54) is 15.9 Å². The first kappa shape index (κ1) is 19.3. The van der Waals surface area contributed by atoms with E-state index in [1.807, 2.05) is 17.5 Å². The third-order valence-electron chi connectivity index (χ3n) is 5.02. The number of hydrogen-bond acceptors (Lipinski definition) is 7. The van der Waals surface area contributed by atoms with Gasteiger partial charge in [-0.2, -0.15) is 4.98 Å². The van der Waals surface area contributed by atoms with E-state index in [0.717, 1.165) is 9.44 Å². The number of hydrogen-bond donors (Lipinski definition) is 0. The predicted octanol–water partition coefficient (Wildman–Crippen LogP) is 2.27. The van der Waals surface area contributed by atoms with Crippen LogP contribution in [0.15, 0.2) is 63.6 Å². The van der Waals surface area contributed by atoms with Crippen LogP contribution >= 0.6 is 11.3 Å². The molecule has 3 aliphatic heterocycles. The number of benzene rings is 1. The average molecular weight is 435 g/mol. The molecule has 0 bridgehead atoms. The van der Waals surface area contributed by atoms with Crippen LogP contribution in [-0.4, -0.2) is 33.1 Å². The maximum absolute atomic E-state index is 12.9. The molecule has 0 amide bonds. The van der Waals surface area contributed by atoms with E-state index in [1.54, 1.807) is 36.5 Å². The highest BCUT2D eigenvalue weighted by Crippen LogP contribution is 2.31. The number of carbonyl (C=O) groups excluding carboxylic acids is 1. The minimum Gasteiger partial charge on any atom is -0.486 e. The molecule has 5 rings (SSSR count). The molecule has 0 fully saturated rings. The largest absolute Gasteiger partial charge is 0.486 e. The summed E-state index contributed by atoms with van der Waals surface area (Å²) in [6.07, 6.45) is 1.63. The molecule has 8 nitrogen and oxygen atoms in total. The third kappa shape index (κ3) is 3.64. The first-order valence-corrected chi connectivity index (χ1v) is 10.5. The van der Waals surface area contributed by atoms with Crippen LogP contribution in [0.4, 0.5) is 0 Å². The maximum Gasteiger partial charge on any atom is 0.352 e. The van der Waals surface area contributed by atoms with E-state index < -0.39 is 11.2 Å². The monoisotopic (exact) mass is 435 g/mol. The van der Waals surface area contributed by atoms with Crippen LogP contribution in [0.5, 0.6) is 11.5 Å². The molecular weight excluding hydrogens is 418 g/mol. The second kappa shape index (κ2) is 7.84. The van der Waals surface area contributed by atoms with Gasteiger partial charge in [0, 0.05) is 16.6 Å². The normalized spacial score (nSPS) is 12.8. The Labute approximate surface area is 180 Å². The molecule has 156 valence electrons. The van der Waals surface area contributed by atoms with Crippen LogP contribution in [0.25, 0.3) is 11.4 Å². The van der Waals surface area contributed by atoms with E-state index >= 15 is 0 Å². The van der Waals surface area contributed by atoms with Crippen LogP contribution in [0, 0.1) is 0 Å². The fraction of sp³-hybridized carbons (Fsp3) is 0.182.